The number of imidazole rings is 1. The summed E-state index contributed by atoms with van der Waals surface area (Å²) in [4.78, 5) is 2.06. The molecule has 0 bridgehead atoms. The molecule has 0 spiro atoms. The zero-order chi connectivity index (χ0) is 15.7. The van der Waals surface area contributed by atoms with E-state index in [1.54, 1.807) is 0 Å². The molecule has 0 radical (unpaired) electrons. The Labute approximate surface area is 144 Å². The van der Waals surface area contributed by atoms with Crippen molar-refractivity contribution in [3.63, 3.8) is 0 Å². The van der Waals surface area contributed by atoms with Gasteiger partial charge in [0.05, 0.1) is 14.1 Å². The minimum Gasteiger partial charge on any atom is -0.378 e. The maximum Gasteiger partial charge on any atom is 0.422 e. The van der Waals surface area contributed by atoms with Gasteiger partial charge in [0.25, 0.3) is 0 Å². The van der Waals surface area contributed by atoms with E-state index in [1.165, 1.54) is 0 Å². The Balaban J connectivity index is 0.00000144. The molecule has 3 aromatic rings. The summed E-state index contributed by atoms with van der Waals surface area (Å²) in [6, 6.07) is 16.3. The highest BCUT2D eigenvalue weighted by atomic mass is 15.3. The smallest absolute Gasteiger partial charge is 0.378 e. The third-order valence-corrected chi connectivity index (χ3v) is 3.83. The molecule has 1 aromatic heterocycles. The second-order valence-corrected chi connectivity index (χ2v) is 5.52. The number of aromatic nitrogens is 2. The lowest BCUT2D eigenvalue weighted by Gasteiger charge is -2.11. The molecule has 0 atom stereocenters. The number of rotatable bonds is 3. The van der Waals surface area contributed by atoms with Crippen LogP contribution in [0.1, 0.15) is 14.9 Å². The number of benzene rings is 2. The number of anilines is 1. The van der Waals surface area contributed by atoms with E-state index in [1.807, 2.05) is 73.7 Å². The van der Waals surface area contributed by atoms with Crippen LogP contribution in [0, 0.1) is 0 Å². The topological polar surface area (TPSA) is 36.8 Å². The molecule has 5 nitrogen and oxygen atoms in total. The lowest BCUT2D eigenvalue weighted by atomic mass is 10.3. The number of fused-ring (bicyclic) bond motifs is 1. The highest BCUT2D eigenvalue weighted by molar-refractivity contribution is 5.73. The Morgan fingerprint density at radius 1 is 0.917 bits per heavy atom. The Hall–Kier alpha value is -2.69. The molecule has 24 heavy (non-hydrogen) atoms. The van der Waals surface area contributed by atoms with E-state index in [9.17, 15) is 0 Å². The van der Waals surface area contributed by atoms with Gasteiger partial charge < -0.3 is 4.90 Å². The Bertz CT molecular complexity index is 790. The molecule has 5 heteroatoms. The van der Waals surface area contributed by atoms with Gasteiger partial charge in [0, 0.05) is 24.9 Å². The largest absolute Gasteiger partial charge is 0.422 e. The first kappa shape index (κ1) is 19.4. The lowest BCUT2D eigenvalue weighted by Crippen LogP contribution is -2.26. The van der Waals surface area contributed by atoms with E-state index in [0.717, 1.165) is 28.4 Å². The number of aryl methyl sites for hydroxylation is 2. The van der Waals surface area contributed by atoms with Crippen LogP contribution in [0.5, 0.6) is 0 Å². The van der Waals surface area contributed by atoms with E-state index in [0.29, 0.717) is 0 Å². The molecule has 1 heterocycles. The first-order valence-corrected chi connectivity index (χ1v) is 7.20. The molecule has 2 aromatic carbocycles. The maximum atomic E-state index is 4.42. The summed E-state index contributed by atoms with van der Waals surface area (Å²) in [5.74, 6) is 0.817. The van der Waals surface area contributed by atoms with Crippen LogP contribution < -0.4 is 9.47 Å². The van der Waals surface area contributed by atoms with Crippen molar-refractivity contribution < 1.29 is 4.57 Å². The van der Waals surface area contributed by atoms with Crippen molar-refractivity contribution in [2.24, 2.45) is 24.3 Å². The normalized spacial score (nSPS) is 10.5. The second-order valence-electron chi connectivity index (χ2n) is 5.52. The van der Waals surface area contributed by atoms with Crippen molar-refractivity contribution in [2.45, 2.75) is 14.9 Å². The highest BCUT2D eigenvalue weighted by Crippen LogP contribution is 2.22. The van der Waals surface area contributed by atoms with Crippen LogP contribution in [-0.4, -0.2) is 18.7 Å². The maximum absolute atomic E-state index is 4.42. The average Bonchev–Trinajstić information content (AvgIpc) is 2.78. The Morgan fingerprint density at radius 3 is 2.12 bits per heavy atom. The number of azo groups is 1. The van der Waals surface area contributed by atoms with Crippen LogP contribution in [0.2, 0.25) is 0 Å². The van der Waals surface area contributed by atoms with Gasteiger partial charge in [-0.25, -0.2) is 9.13 Å². The van der Waals surface area contributed by atoms with E-state index in [-0.39, 0.29) is 14.9 Å². The zero-order valence-corrected chi connectivity index (χ0v) is 13.4. The fourth-order valence-corrected chi connectivity index (χ4v) is 2.53. The van der Waals surface area contributed by atoms with Gasteiger partial charge in [0.2, 0.25) is 0 Å². The summed E-state index contributed by atoms with van der Waals surface area (Å²) in [5.41, 5.74) is 4.27. The van der Waals surface area contributed by atoms with Crippen LogP contribution >= 0.6 is 0 Å². The fraction of sp³-hybridized carbons (Fsp3) is 0.316. The van der Waals surface area contributed by atoms with Gasteiger partial charge >= 0.3 is 5.95 Å². The van der Waals surface area contributed by atoms with Gasteiger partial charge in [-0.15, -0.1) is 0 Å². The predicted molar refractivity (Wildman–Crippen MR) is 103 cm³/mol. The molecule has 0 saturated heterocycles. The second kappa shape index (κ2) is 7.73. The summed E-state index contributed by atoms with van der Waals surface area (Å²) >= 11 is 0. The van der Waals surface area contributed by atoms with Crippen molar-refractivity contribution in [3.8, 4) is 0 Å². The standard InChI is InChI=1S/C17H20N5.2CH4/c1-20(2)14-11-9-13(10-12-14)18-19-17-21(3)15-7-5-6-8-16(15)22(17)4;;/h5-12H,1-4H3;2*1H4/q+1;;. The minimum atomic E-state index is 0. The van der Waals surface area contributed by atoms with Crippen molar-refractivity contribution in [2.75, 3.05) is 19.0 Å². The van der Waals surface area contributed by atoms with Crippen LogP contribution in [0.25, 0.3) is 11.0 Å². The summed E-state index contributed by atoms with van der Waals surface area (Å²) in [5, 5.41) is 8.78. The summed E-state index contributed by atoms with van der Waals surface area (Å²) in [6.07, 6.45) is 0. The van der Waals surface area contributed by atoms with Crippen LogP contribution in [0.3, 0.4) is 0 Å². The third kappa shape index (κ3) is 3.45. The van der Waals surface area contributed by atoms with E-state index >= 15 is 0 Å². The van der Waals surface area contributed by atoms with Gasteiger partial charge in [0.15, 0.2) is 0 Å². The summed E-state index contributed by atoms with van der Waals surface area (Å²) in [7, 11) is 8.05. The average molecular weight is 326 g/mol. The van der Waals surface area contributed by atoms with Gasteiger partial charge in [-0.2, -0.15) is 0 Å². The molecule has 0 amide bonds. The van der Waals surface area contributed by atoms with E-state index < -0.39 is 0 Å². The van der Waals surface area contributed by atoms with Gasteiger partial charge in [-0.05, 0) is 36.4 Å². The zero-order valence-electron chi connectivity index (χ0n) is 13.4. The number of hydrogen-bond acceptors (Lipinski definition) is 3. The molecular weight excluding hydrogens is 298 g/mol. The lowest BCUT2D eigenvalue weighted by molar-refractivity contribution is -0.632. The SMILES string of the molecule is C.C.CN(C)c1ccc(N=Nc2n(C)c3ccccc3[n+]2C)cc1. The number of nitrogens with zero attached hydrogens (tertiary/aromatic N) is 5. The van der Waals surface area contributed by atoms with Crippen molar-refractivity contribution in [1.29, 1.82) is 0 Å². The van der Waals surface area contributed by atoms with Crippen molar-refractivity contribution in [3.05, 3.63) is 48.5 Å². The van der Waals surface area contributed by atoms with Crippen molar-refractivity contribution in [1.82, 2.24) is 4.57 Å². The summed E-state index contributed by atoms with van der Waals surface area (Å²) in [6.45, 7) is 0. The fourth-order valence-electron chi connectivity index (χ4n) is 2.53. The molecule has 0 saturated carbocycles. The number of para-hydroxylation sites is 2. The number of hydrogen-bond donors (Lipinski definition) is 0. The van der Waals surface area contributed by atoms with Crippen molar-refractivity contribution >= 4 is 28.4 Å². The Morgan fingerprint density at radius 2 is 1.54 bits per heavy atom. The van der Waals surface area contributed by atoms with Gasteiger partial charge in [-0.3, -0.25) is 0 Å². The minimum absolute atomic E-state index is 0. The molecule has 3 rings (SSSR count). The van der Waals surface area contributed by atoms with E-state index in [2.05, 4.69) is 27.3 Å². The first-order chi connectivity index (χ1) is 10.6. The van der Waals surface area contributed by atoms with Crippen LogP contribution in [0.15, 0.2) is 58.8 Å². The monoisotopic (exact) mass is 326 g/mol. The summed E-state index contributed by atoms with van der Waals surface area (Å²) < 4.78 is 4.10. The third-order valence-electron chi connectivity index (χ3n) is 3.83. The quantitative estimate of drug-likeness (QED) is 0.505. The first-order valence-electron chi connectivity index (χ1n) is 7.20. The molecule has 0 aliphatic carbocycles. The molecule has 0 fully saturated rings. The van der Waals surface area contributed by atoms with Gasteiger partial charge in [0.1, 0.15) is 16.7 Å². The molecule has 0 aliphatic rings. The molecular formula is C19H28N5+. The Kier molecular flexibility index (Phi) is 6.23. The van der Waals surface area contributed by atoms with E-state index in [4.69, 9.17) is 0 Å². The molecule has 0 N–H and O–H groups in total. The van der Waals surface area contributed by atoms with Crippen LogP contribution in [-0.2, 0) is 14.1 Å². The van der Waals surface area contributed by atoms with Crippen LogP contribution in [0.4, 0.5) is 17.3 Å². The predicted octanol–water partition coefficient (Wildman–Crippen LogP) is 4.76. The molecule has 0 unspecified atom stereocenters. The van der Waals surface area contributed by atoms with Gasteiger partial charge in [-0.1, -0.05) is 32.1 Å². The highest BCUT2D eigenvalue weighted by Gasteiger charge is 2.18. The molecule has 128 valence electrons. The molecule has 0 aliphatic heterocycles.